The van der Waals surface area contributed by atoms with E-state index in [1.807, 2.05) is 38.1 Å². The number of carboxylic acid groups (broad SMARTS) is 2. The van der Waals surface area contributed by atoms with Gasteiger partial charge in [0.2, 0.25) is 0 Å². The molecule has 0 saturated carbocycles. The summed E-state index contributed by atoms with van der Waals surface area (Å²) in [5.41, 5.74) is 4.87. The van der Waals surface area contributed by atoms with E-state index < -0.39 is 29.3 Å². The lowest BCUT2D eigenvalue weighted by atomic mass is 9.98. The minimum absolute atomic E-state index is 0.0121. The molecule has 210 valence electrons. The topological polar surface area (TPSA) is 131 Å². The van der Waals surface area contributed by atoms with Gasteiger partial charge in [-0.2, -0.15) is 0 Å². The van der Waals surface area contributed by atoms with Crippen LogP contribution in [0.25, 0.3) is 11.1 Å². The van der Waals surface area contributed by atoms with E-state index in [-0.39, 0.29) is 18.1 Å². The molecule has 2 atom stereocenters. The van der Waals surface area contributed by atoms with Gasteiger partial charge in [-0.15, -0.1) is 11.8 Å². The largest absolute Gasteiger partial charge is 0.490 e. The molecule has 9 nitrogen and oxygen atoms in total. The van der Waals surface area contributed by atoms with E-state index in [1.165, 1.54) is 35.0 Å². The molecule has 3 aromatic carbocycles. The summed E-state index contributed by atoms with van der Waals surface area (Å²) in [7, 11) is 0. The fourth-order valence-corrected chi connectivity index (χ4v) is 5.70. The van der Waals surface area contributed by atoms with Gasteiger partial charge in [0, 0.05) is 11.7 Å². The number of benzene rings is 3. The number of fused-ring (bicyclic) bond motifs is 3. The van der Waals surface area contributed by atoms with Crippen LogP contribution in [0.15, 0.2) is 66.7 Å². The van der Waals surface area contributed by atoms with Gasteiger partial charge >= 0.3 is 17.9 Å². The van der Waals surface area contributed by atoms with Crippen molar-refractivity contribution in [3.8, 4) is 22.6 Å². The molecule has 2 aliphatic rings. The standard InChI is InChI=1S/C19H17NO4S.C11H14O4/c21-18(22)16-10-25-17(20-16)19(23)24-9-15-13-7-3-1-5-11(13)12-6-2-4-8-14(12)15;1-3-14-9-6-5-8(11(12)13)7-10(9)15-4-2/h1-8,15-17,20H,9-10H2,(H,21,22);5-7H,3-4H2,1-2H3,(H,12,13). The van der Waals surface area contributed by atoms with Gasteiger partial charge < -0.3 is 24.4 Å². The Bertz CT molecular complexity index is 1330. The van der Waals surface area contributed by atoms with Crippen LogP contribution >= 0.6 is 11.8 Å². The van der Waals surface area contributed by atoms with E-state index in [4.69, 9.17) is 24.4 Å². The van der Waals surface area contributed by atoms with Crippen molar-refractivity contribution in [3.63, 3.8) is 0 Å². The van der Waals surface area contributed by atoms with Crippen molar-refractivity contribution in [1.29, 1.82) is 0 Å². The lowest BCUT2D eigenvalue weighted by Gasteiger charge is -2.16. The van der Waals surface area contributed by atoms with Gasteiger partial charge in [0.05, 0.1) is 18.8 Å². The first-order chi connectivity index (χ1) is 19.3. The molecule has 5 rings (SSSR count). The number of thioether (sulfide) groups is 1. The zero-order valence-electron chi connectivity index (χ0n) is 22.2. The van der Waals surface area contributed by atoms with Crippen LogP contribution < -0.4 is 14.8 Å². The van der Waals surface area contributed by atoms with Gasteiger partial charge in [0.1, 0.15) is 12.6 Å². The van der Waals surface area contributed by atoms with Crippen molar-refractivity contribution in [1.82, 2.24) is 5.32 Å². The molecule has 0 radical (unpaired) electrons. The molecule has 0 bridgehead atoms. The number of ether oxygens (including phenoxy) is 3. The number of carbonyl (C=O) groups excluding carboxylic acids is 1. The maximum atomic E-state index is 12.3. The zero-order chi connectivity index (χ0) is 28.6. The molecule has 1 fully saturated rings. The summed E-state index contributed by atoms with van der Waals surface area (Å²) in [5.74, 6) is -0.901. The average Bonchev–Trinajstić information content (AvgIpc) is 3.57. The third-order valence-corrected chi connectivity index (χ3v) is 7.63. The maximum Gasteiger partial charge on any atom is 0.335 e. The summed E-state index contributed by atoms with van der Waals surface area (Å²) in [5, 5.41) is 20.0. The van der Waals surface area contributed by atoms with Crippen LogP contribution in [0.5, 0.6) is 11.5 Å². The minimum Gasteiger partial charge on any atom is -0.490 e. The smallest absolute Gasteiger partial charge is 0.335 e. The van der Waals surface area contributed by atoms with Crippen LogP contribution in [0.3, 0.4) is 0 Å². The Labute approximate surface area is 236 Å². The Kier molecular flexibility index (Phi) is 9.68. The normalized spacial score (nSPS) is 17.1. The van der Waals surface area contributed by atoms with Gasteiger partial charge in [0.15, 0.2) is 16.9 Å². The number of hydrogen-bond donors (Lipinski definition) is 3. The van der Waals surface area contributed by atoms with Gasteiger partial charge in [0.25, 0.3) is 0 Å². The Hall–Kier alpha value is -4.02. The fraction of sp³-hybridized carbons (Fsp3) is 0.300. The summed E-state index contributed by atoms with van der Waals surface area (Å²) in [6.07, 6.45) is 0. The van der Waals surface area contributed by atoms with Crippen LogP contribution in [0, 0.1) is 0 Å². The summed E-state index contributed by atoms with van der Waals surface area (Å²) in [6.45, 7) is 4.95. The second-order valence-electron chi connectivity index (χ2n) is 8.96. The van der Waals surface area contributed by atoms with E-state index in [9.17, 15) is 14.4 Å². The second kappa shape index (κ2) is 13.4. The molecule has 3 aromatic rings. The summed E-state index contributed by atoms with van der Waals surface area (Å²) >= 11 is 1.27. The molecule has 1 saturated heterocycles. The Balaban J connectivity index is 0.000000212. The van der Waals surface area contributed by atoms with Crippen molar-refractivity contribution >= 4 is 29.7 Å². The SMILES string of the molecule is CCOc1ccc(C(=O)O)cc1OCC.O=C(O)C1CSC(C(=O)OCC2c3ccccc3-c3ccccc32)N1. The highest BCUT2D eigenvalue weighted by Crippen LogP contribution is 2.44. The summed E-state index contributed by atoms with van der Waals surface area (Å²) in [6, 6.07) is 20.2. The van der Waals surface area contributed by atoms with Crippen molar-refractivity contribution in [2.45, 2.75) is 31.2 Å². The summed E-state index contributed by atoms with van der Waals surface area (Å²) in [4.78, 5) is 34.0. The third-order valence-electron chi connectivity index (χ3n) is 6.44. The van der Waals surface area contributed by atoms with E-state index >= 15 is 0 Å². The number of aliphatic carboxylic acids is 1. The summed E-state index contributed by atoms with van der Waals surface area (Å²) < 4.78 is 16.1. The molecule has 0 aromatic heterocycles. The van der Waals surface area contributed by atoms with E-state index in [0.29, 0.717) is 30.5 Å². The van der Waals surface area contributed by atoms with Crippen molar-refractivity contribution < 1.29 is 38.8 Å². The lowest BCUT2D eigenvalue weighted by Crippen LogP contribution is -2.40. The van der Waals surface area contributed by atoms with Crippen LogP contribution in [-0.4, -0.2) is 65.1 Å². The highest BCUT2D eigenvalue weighted by atomic mass is 32.2. The minimum atomic E-state index is -0.973. The first-order valence-electron chi connectivity index (χ1n) is 12.9. The number of esters is 1. The number of nitrogens with one attached hydrogen (secondary N) is 1. The van der Waals surface area contributed by atoms with Crippen LogP contribution in [0.2, 0.25) is 0 Å². The Morgan fingerprint density at radius 3 is 2.02 bits per heavy atom. The van der Waals surface area contributed by atoms with Gasteiger partial charge in [-0.1, -0.05) is 48.5 Å². The lowest BCUT2D eigenvalue weighted by molar-refractivity contribution is -0.144. The monoisotopic (exact) mass is 565 g/mol. The number of carbonyl (C=O) groups is 3. The molecule has 2 unspecified atom stereocenters. The van der Waals surface area contributed by atoms with Crippen LogP contribution in [-0.2, 0) is 14.3 Å². The molecular weight excluding hydrogens is 534 g/mol. The van der Waals surface area contributed by atoms with Gasteiger partial charge in [-0.3, -0.25) is 10.1 Å². The highest BCUT2D eigenvalue weighted by Gasteiger charge is 2.36. The molecule has 0 spiro atoms. The number of hydrogen-bond acceptors (Lipinski definition) is 8. The number of aromatic carboxylic acids is 1. The Morgan fingerprint density at radius 2 is 1.48 bits per heavy atom. The van der Waals surface area contributed by atoms with Crippen molar-refractivity contribution in [3.05, 3.63) is 83.4 Å². The second-order valence-corrected chi connectivity index (χ2v) is 10.1. The van der Waals surface area contributed by atoms with Gasteiger partial charge in [-0.25, -0.2) is 9.59 Å². The molecular formula is C30H31NO8S. The first kappa shape index (κ1) is 29.0. The quantitative estimate of drug-likeness (QED) is 0.315. The molecule has 0 amide bonds. The van der Waals surface area contributed by atoms with Crippen LogP contribution in [0.4, 0.5) is 0 Å². The average molecular weight is 566 g/mol. The Morgan fingerprint density at radius 1 is 0.875 bits per heavy atom. The van der Waals surface area contributed by atoms with E-state index in [1.54, 1.807) is 6.07 Å². The number of rotatable bonds is 9. The van der Waals surface area contributed by atoms with Crippen molar-refractivity contribution in [2.75, 3.05) is 25.6 Å². The third kappa shape index (κ3) is 6.57. The zero-order valence-corrected chi connectivity index (χ0v) is 23.0. The predicted octanol–water partition coefficient (Wildman–Crippen LogP) is 4.64. The van der Waals surface area contributed by atoms with Gasteiger partial charge in [-0.05, 0) is 54.3 Å². The van der Waals surface area contributed by atoms with Crippen molar-refractivity contribution in [2.24, 2.45) is 0 Å². The first-order valence-corrected chi connectivity index (χ1v) is 14.0. The molecule has 3 N–H and O–H groups in total. The number of carboxylic acids is 2. The molecule has 40 heavy (non-hydrogen) atoms. The fourth-order valence-electron chi connectivity index (χ4n) is 4.61. The molecule has 1 aliphatic carbocycles. The molecule has 10 heteroatoms. The van der Waals surface area contributed by atoms with E-state index in [2.05, 4.69) is 29.6 Å². The van der Waals surface area contributed by atoms with Crippen LogP contribution in [0.1, 0.15) is 41.3 Å². The predicted molar refractivity (Wildman–Crippen MR) is 151 cm³/mol. The maximum absolute atomic E-state index is 12.3. The molecule has 1 heterocycles. The highest BCUT2D eigenvalue weighted by molar-refractivity contribution is 8.00. The van der Waals surface area contributed by atoms with E-state index in [0.717, 1.165) is 11.1 Å². The molecule has 1 aliphatic heterocycles.